The fraction of sp³-hybridized carbons (Fsp3) is 0.667. The Balaban J connectivity index is 3.42. The first kappa shape index (κ1) is 21.0. The van der Waals surface area contributed by atoms with E-state index in [0.29, 0.717) is 0 Å². The van der Waals surface area contributed by atoms with Crippen LogP contribution >= 0.6 is 11.6 Å². The highest BCUT2D eigenvalue weighted by Gasteiger charge is 2.37. The van der Waals surface area contributed by atoms with E-state index >= 15 is 0 Å². The minimum Gasteiger partial charge on any atom is -0.467 e. The quantitative estimate of drug-likeness (QED) is 0.323. The lowest BCUT2D eigenvalue weighted by Gasteiger charge is -2.34. The SMILES string of the molecule is COC(=O)[C@H]([C@H](C)OC(C)(C)C)N(C)c1nc(Cl)nc(C)c1[N+](=O)[O-]. The van der Waals surface area contributed by atoms with Crippen LogP contribution in [0.2, 0.25) is 5.28 Å². The Morgan fingerprint density at radius 1 is 1.36 bits per heavy atom. The zero-order valence-corrected chi connectivity index (χ0v) is 16.1. The monoisotopic (exact) mass is 374 g/mol. The summed E-state index contributed by atoms with van der Waals surface area (Å²) in [5, 5.41) is 11.3. The van der Waals surface area contributed by atoms with E-state index in [4.69, 9.17) is 21.1 Å². The summed E-state index contributed by atoms with van der Waals surface area (Å²) in [7, 11) is 2.73. The van der Waals surface area contributed by atoms with E-state index in [-0.39, 0.29) is 22.5 Å². The molecule has 1 heterocycles. The fourth-order valence-corrected chi connectivity index (χ4v) is 2.72. The lowest BCUT2D eigenvalue weighted by molar-refractivity contribution is -0.385. The van der Waals surface area contributed by atoms with Crippen LogP contribution in [0.3, 0.4) is 0 Å². The van der Waals surface area contributed by atoms with Gasteiger partial charge in [-0.2, -0.15) is 4.98 Å². The number of aromatic nitrogens is 2. The lowest BCUT2D eigenvalue weighted by atomic mass is 10.1. The van der Waals surface area contributed by atoms with E-state index < -0.39 is 28.6 Å². The number of ether oxygens (including phenoxy) is 2. The zero-order valence-electron chi connectivity index (χ0n) is 15.4. The molecule has 1 aromatic heterocycles. The van der Waals surface area contributed by atoms with Crippen molar-refractivity contribution >= 4 is 29.1 Å². The van der Waals surface area contributed by atoms with Crippen molar-refractivity contribution in [3.63, 3.8) is 0 Å². The van der Waals surface area contributed by atoms with Gasteiger partial charge in [0.05, 0.1) is 23.7 Å². The average Bonchev–Trinajstić information content (AvgIpc) is 2.43. The summed E-state index contributed by atoms with van der Waals surface area (Å²) in [4.78, 5) is 32.2. The molecule has 10 heteroatoms. The Kier molecular flexibility index (Phi) is 6.67. The molecule has 0 spiro atoms. The van der Waals surface area contributed by atoms with E-state index in [1.807, 2.05) is 20.8 Å². The number of carbonyl (C=O) groups is 1. The average molecular weight is 375 g/mol. The largest absolute Gasteiger partial charge is 0.467 e. The smallest absolute Gasteiger partial charge is 0.332 e. The number of aryl methyl sites for hydroxylation is 1. The predicted molar refractivity (Wildman–Crippen MR) is 92.9 cm³/mol. The van der Waals surface area contributed by atoms with Crippen molar-refractivity contribution in [2.75, 3.05) is 19.1 Å². The molecule has 140 valence electrons. The molecular weight excluding hydrogens is 352 g/mol. The van der Waals surface area contributed by atoms with Crippen LogP contribution in [0, 0.1) is 17.0 Å². The Morgan fingerprint density at radius 2 is 1.92 bits per heavy atom. The van der Waals surface area contributed by atoms with Crippen LogP contribution < -0.4 is 4.90 Å². The molecule has 0 aliphatic heterocycles. The second kappa shape index (κ2) is 7.92. The Labute approximate surface area is 151 Å². The molecule has 0 saturated heterocycles. The van der Waals surface area contributed by atoms with E-state index in [9.17, 15) is 14.9 Å². The highest BCUT2D eigenvalue weighted by Crippen LogP contribution is 2.31. The number of carbonyl (C=O) groups excluding carboxylic acids is 1. The molecule has 0 aliphatic carbocycles. The van der Waals surface area contributed by atoms with Gasteiger partial charge in [-0.25, -0.2) is 9.78 Å². The van der Waals surface area contributed by atoms with Crippen LogP contribution in [0.5, 0.6) is 0 Å². The number of rotatable bonds is 6. The third-order valence-corrected chi connectivity index (χ3v) is 3.54. The van der Waals surface area contributed by atoms with Gasteiger partial charge >= 0.3 is 11.7 Å². The molecule has 0 aromatic carbocycles. The summed E-state index contributed by atoms with van der Waals surface area (Å²) >= 11 is 5.86. The van der Waals surface area contributed by atoms with Crippen molar-refractivity contribution in [1.82, 2.24) is 9.97 Å². The number of methoxy groups -OCH3 is 1. The van der Waals surface area contributed by atoms with Gasteiger partial charge in [-0.3, -0.25) is 10.1 Å². The molecule has 0 bridgehead atoms. The topological polar surface area (TPSA) is 108 Å². The van der Waals surface area contributed by atoms with Gasteiger partial charge in [0, 0.05) is 7.05 Å². The highest BCUT2D eigenvalue weighted by atomic mass is 35.5. The summed E-state index contributed by atoms with van der Waals surface area (Å²) in [6, 6.07) is -0.965. The number of halogens is 1. The molecular formula is C15H23ClN4O5. The van der Waals surface area contributed by atoms with Crippen LogP contribution in [0.25, 0.3) is 0 Å². The van der Waals surface area contributed by atoms with Crippen molar-refractivity contribution in [2.24, 2.45) is 0 Å². The van der Waals surface area contributed by atoms with Crippen molar-refractivity contribution in [3.05, 3.63) is 21.1 Å². The minimum atomic E-state index is -0.965. The van der Waals surface area contributed by atoms with E-state index in [1.54, 1.807) is 6.92 Å². The van der Waals surface area contributed by atoms with Gasteiger partial charge in [0.1, 0.15) is 5.69 Å². The molecule has 0 aliphatic rings. The van der Waals surface area contributed by atoms with E-state index in [0.717, 1.165) is 0 Å². The number of esters is 1. The van der Waals surface area contributed by atoms with Crippen molar-refractivity contribution in [1.29, 1.82) is 0 Å². The van der Waals surface area contributed by atoms with Gasteiger partial charge in [-0.05, 0) is 46.2 Å². The molecule has 1 rings (SSSR count). The molecule has 0 saturated carbocycles. The first-order valence-electron chi connectivity index (χ1n) is 7.56. The van der Waals surface area contributed by atoms with Crippen LogP contribution in [0.15, 0.2) is 0 Å². The summed E-state index contributed by atoms with van der Waals surface area (Å²) in [6.07, 6.45) is -0.633. The van der Waals surface area contributed by atoms with Gasteiger partial charge in [0.15, 0.2) is 6.04 Å². The highest BCUT2D eigenvalue weighted by molar-refractivity contribution is 6.28. The van der Waals surface area contributed by atoms with E-state index in [2.05, 4.69) is 9.97 Å². The second-order valence-electron chi connectivity index (χ2n) is 6.52. The Bertz CT molecular complexity index is 662. The molecule has 0 radical (unpaired) electrons. The summed E-state index contributed by atoms with van der Waals surface area (Å²) in [6.45, 7) is 8.65. The number of nitrogens with zero attached hydrogens (tertiary/aromatic N) is 4. The predicted octanol–water partition coefficient (Wildman–Crippen LogP) is 2.53. The van der Waals surface area contributed by atoms with Gasteiger partial charge in [0.2, 0.25) is 11.1 Å². The molecule has 0 amide bonds. The maximum Gasteiger partial charge on any atom is 0.332 e. The minimum absolute atomic E-state index is 0.0812. The number of hydrogen-bond donors (Lipinski definition) is 0. The Morgan fingerprint density at radius 3 is 2.36 bits per heavy atom. The number of anilines is 1. The molecule has 0 unspecified atom stereocenters. The first-order chi connectivity index (χ1) is 11.4. The zero-order chi connectivity index (χ0) is 19.5. The van der Waals surface area contributed by atoms with Crippen LogP contribution in [0.1, 0.15) is 33.4 Å². The Hall–Kier alpha value is -2.00. The second-order valence-corrected chi connectivity index (χ2v) is 6.86. The number of nitro groups is 1. The van der Waals surface area contributed by atoms with Gasteiger partial charge in [0.25, 0.3) is 0 Å². The lowest BCUT2D eigenvalue weighted by Crippen LogP contribution is -2.50. The van der Waals surface area contributed by atoms with Crippen molar-refractivity contribution in [2.45, 2.75) is 52.4 Å². The van der Waals surface area contributed by atoms with Gasteiger partial charge < -0.3 is 14.4 Å². The van der Waals surface area contributed by atoms with Crippen LogP contribution in [0.4, 0.5) is 11.5 Å². The molecule has 9 nitrogen and oxygen atoms in total. The first-order valence-corrected chi connectivity index (χ1v) is 7.93. The molecule has 1 aromatic rings. The normalized spacial score (nSPS) is 13.9. The third kappa shape index (κ3) is 5.23. The maximum atomic E-state index is 12.3. The summed E-state index contributed by atoms with van der Waals surface area (Å²) in [5.41, 5.74) is -0.763. The van der Waals surface area contributed by atoms with Crippen LogP contribution in [-0.4, -0.2) is 52.8 Å². The van der Waals surface area contributed by atoms with Crippen molar-refractivity contribution in [3.8, 4) is 0 Å². The third-order valence-electron chi connectivity index (χ3n) is 3.37. The van der Waals surface area contributed by atoms with Gasteiger partial charge in [-0.1, -0.05) is 0 Å². The van der Waals surface area contributed by atoms with E-state index in [1.165, 1.54) is 26.0 Å². The molecule has 0 N–H and O–H groups in total. The summed E-state index contributed by atoms with van der Waals surface area (Å²) in [5.74, 6) is -0.691. The molecule has 25 heavy (non-hydrogen) atoms. The standard InChI is InChI=1S/C15H23ClN4O5/c1-8-10(20(22)23)12(18-14(16)17-8)19(6)11(13(21)24-7)9(2)25-15(3,4)5/h9,11H,1-7H3/t9-,11-/m0/s1. The number of likely N-dealkylation sites (N-methyl/N-ethyl adjacent to an activating group) is 1. The van der Waals surface area contributed by atoms with Crippen molar-refractivity contribution < 1.29 is 19.2 Å². The maximum absolute atomic E-state index is 12.3. The summed E-state index contributed by atoms with van der Waals surface area (Å²) < 4.78 is 10.7. The van der Waals surface area contributed by atoms with Gasteiger partial charge in [-0.15, -0.1) is 0 Å². The number of hydrogen-bond acceptors (Lipinski definition) is 8. The molecule has 2 atom stereocenters. The van der Waals surface area contributed by atoms with Crippen LogP contribution in [-0.2, 0) is 14.3 Å². The fourth-order valence-electron chi connectivity index (χ4n) is 2.52. The molecule has 0 fully saturated rings.